The maximum atomic E-state index is 12.1. The highest BCUT2D eigenvalue weighted by Gasteiger charge is 2.13. The zero-order chi connectivity index (χ0) is 12.4. The van der Waals surface area contributed by atoms with Gasteiger partial charge in [-0.3, -0.25) is 4.79 Å². The van der Waals surface area contributed by atoms with Crippen molar-refractivity contribution in [3.05, 3.63) is 62.3 Å². The third-order valence-electron chi connectivity index (χ3n) is 2.17. The molecule has 0 aliphatic rings. The van der Waals surface area contributed by atoms with Gasteiger partial charge in [-0.2, -0.15) is 0 Å². The van der Waals surface area contributed by atoms with Crippen LogP contribution in [0.3, 0.4) is 0 Å². The molecule has 0 N–H and O–H groups in total. The number of pyridine rings is 1. The van der Waals surface area contributed by atoms with Crippen LogP contribution in [0.2, 0.25) is 10.0 Å². The predicted octanol–water partition coefficient (Wildman–Crippen LogP) is 4.38. The number of hydrogen-bond donors (Lipinski definition) is 0. The zero-order valence-electron chi connectivity index (χ0n) is 8.45. The Kier molecular flexibility index (Phi) is 3.82. The van der Waals surface area contributed by atoms with Crippen LogP contribution in [0.1, 0.15) is 15.9 Å². The van der Waals surface area contributed by atoms with Crippen molar-refractivity contribution in [1.29, 1.82) is 0 Å². The van der Waals surface area contributed by atoms with E-state index in [1.54, 1.807) is 30.3 Å². The Morgan fingerprint density at radius 2 is 1.94 bits per heavy atom. The highest BCUT2D eigenvalue weighted by Crippen LogP contribution is 2.23. The summed E-state index contributed by atoms with van der Waals surface area (Å²) in [6.07, 6.45) is 1.50. The van der Waals surface area contributed by atoms with E-state index in [1.165, 1.54) is 6.20 Å². The molecule has 2 aromatic rings. The Morgan fingerprint density at radius 3 is 2.53 bits per heavy atom. The average Bonchev–Trinajstić information content (AvgIpc) is 2.29. The minimum Gasteiger partial charge on any atom is -0.288 e. The lowest BCUT2D eigenvalue weighted by Gasteiger charge is -2.03. The molecule has 0 saturated carbocycles. The van der Waals surface area contributed by atoms with Crippen molar-refractivity contribution >= 4 is 44.9 Å². The fraction of sp³-hybridized carbons (Fsp3) is 0. The molecule has 0 spiro atoms. The molecule has 0 bridgehead atoms. The standard InChI is InChI=1S/C12H6BrCl2NO/c13-11-4-1-7(6-16-11)12(17)9-3-2-8(14)5-10(9)15/h1-6H. The zero-order valence-corrected chi connectivity index (χ0v) is 11.6. The molecule has 1 aromatic carbocycles. The van der Waals surface area contributed by atoms with Gasteiger partial charge in [-0.15, -0.1) is 0 Å². The van der Waals surface area contributed by atoms with Gasteiger partial charge in [-0.05, 0) is 46.3 Å². The first kappa shape index (κ1) is 12.6. The molecule has 0 amide bonds. The number of carbonyl (C=O) groups is 1. The Hall–Kier alpha value is -0.900. The van der Waals surface area contributed by atoms with Gasteiger partial charge < -0.3 is 0 Å². The first-order valence-electron chi connectivity index (χ1n) is 4.69. The second-order valence-electron chi connectivity index (χ2n) is 3.32. The smallest absolute Gasteiger partial charge is 0.196 e. The van der Waals surface area contributed by atoms with Crippen LogP contribution in [0.4, 0.5) is 0 Å². The molecular weight excluding hydrogens is 325 g/mol. The van der Waals surface area contributed by atoms with Gasteiger partial charge in [0.25, 0.3) is 0 Å². The summed E-state index contributed by atoms with van der Waals surface area (Å²) >= 11 is 15.0. The second-order valence-corrected chi connectivity index (χ2v) is 4.98. The number of nitrogens with zero attached hydrogens (tertiary/aromatic N) is 1. The van der Waals surface area contributed by atoms with E-state index in [1.807, 2.05) is 0 Å². The molecule has 0 radical (unpaired) electrons. The van der Waals surface area contributed by atoms with Crippen LogP contribution in [0.25, 0.3) is 0 Å². The fourth-order valence-electron chi connectivity index (χ4n) is 1.34. The lowest BCUT2D eigenvalue weighted by Crippen LogP contribution is -2.02. The monoisotopic (exact) mass is 329 g/mol. The highest BCUT2D eigenvalue weighted by molar-refractivity contribution is 9.10. The third-order valence-corrected chi connectivity index (χ3v) is 3.18. The van der Waals surface area contributed by atoms with Crippen LogP contribution in [0.15, 0.2) is 41.1 Å². The Bertz CT molecular complexity index is 569. The molecule has 0 unspecified atom stereocenters. The van der Waals surface area contributed by atoms with E-state index in [0.29, 0.717) is 25.8 Å². The fourth-order valence-corrected chi connectivity index (χ4v) is 2.07. The molecule has 1 heterocycles. The van der Waals surface area contributed by atoms with E-state index in [-0.39, 0.29) is 5.78 Å². The summed E-state index contributed by atoms with van der Waals surface area (Å²) < 4.78 is 0.677. The molecule has 17 heavy (non-hydrogen) atoms. The summed E-state index contributed by atoms with van der Waals surface area (Å²) in [7, 11) is 0. The van der Waals surface area contributed by atoms with Gasteiger partial charge >= 0.3 is 0 Å². The number of carbonyl (C=O) groups excluding carboxylic acids is 1. The minimum atomic E-state index is -0.174. The van der Waals surface area contributed by atoms with Crippen molar-refractivity contribution < 1.29 is 4.79 Å². The molecule has 2 rings (SSSR count). The summed E-state index contributed by atoms with van der Waals surface area (Å²) in [5.41, 5.74) is 0.901. The van der Waals surface area contributed by atoms with Gasteiger partial charge in [0, 0.05) is 22.3 Å². The lowest BCUT2D eigenvalue weighted by molar-refractivity contribution is 0.103. The molecule has 0 fully saturated rings. The number of aromatic nitrogens is 1. The normalized spacial score (nSPS) is 10.3. The number of benzene rings is 1. The molecule has 86 valence electrons. The third kappa shape index (κ3) is 2.86. The van der Waals surface area contributed by atoms with Crippen molar-refractivity contribution in [1.82, 2.24) is 4.98 Å². The van der Waals surface area contributed by atoms with Crippen LogP contribution in [-0.4, -0.2) is 10.8 Å². The Balaban J connectivity index is 2.40. The van der Waals surface area contributed by atoms with E-state index < -0.39 is 0 Å². The van der Waals surface area contributed by atoms with Gasteiger partial charge in [-0.1, -0.05) is 23.2 Å². The van der Waals surface area contributed by atoms with Crippen molar-refractivity contribution in [3.63, 3.8) is 0 Å². The number of rotatable bonds is 2. The van der Waals surface area contributed by atoms with Crippen LogP contribution in [0, 0.1) is 0 Å². The minimum absolute atomic E-state index is 0.174. The summed E-state index contributed by atoms with van der Waals surface area (Å²) in [6, 6.07) is 8.17. The van der Waals surface area contributed by atoms with Gasteiger partial charge in [0.1, 0.15) is 4.60 Å². The van der Waals surface area contributed by atoms with E-state index in [2.05, 4.69) is 20.9 Å². The summed E-state index contributed by atoms with van der Waals surface area (Å²) in [6.45, 7) is 0. The SMILES string of the molecule is O=C(c1ccc(Br)nc1)c1ccc(Cl)cc1Cl. The molecule has 0 atom stereocenters. The lowest BCUT2D eigenvalue weighted by atomic mass is 10.1. The second kappa shape index (κ2) is 5.17. The maximum absolute atomic E-state index is 12.1. The first-order valence-corrected chi connectivity index (χ1v) is 6.24. The average molecular weight is 331 g/mol. The number of hydrogen-bond acceptors (Lipinski definition) is 2. The highest BCUT2D eigenvalue weighted by atomic mass is 79.9. The van der Waals surface area contributed by atoms with Gasteiger partial charge in [0.15, 0.2) is 5.78 Å². The van der Waals surface area contributed by atoms with Crippen molar-refractivity contribution in [2.24, 2.45) is 0 Å². The molecule has 0 aliphatic heterocycles. The van der Waals surface area contributed by atoms with Crippen LogP contribution in [-0.2, 0) is 0 Å². The molecule has 2 nitrogen and oxygen atoms in total. The van der Waals surface area contributed by atoms with Gasteiger partial charge in [-0.25, -0.2) is 4.98 Å². The van der Waals surface area contributed by atoms with Crippen LogP contribution in [0.5, 0.6) is 0 Å². The number of ketones is 1. The first-order chi connectivity index (χ1) is 8.08. The summed E-state index contributed by atoms with van der Waals surface area (Å²) in [5.74, 6) is -0.174. The van der Waals surface area contributed by atoms with Crippen molar-refractivity contribution in [3.8, 4) is 0 Å². The molecule has 1 aromatic heterocycles. The van der Waals surface area contributed by atoms with E-state index in [0.717, 1.165) is 0 Å². The Labute approximate surface area is 117 Å². The van der Waals surface area contributed by atoms with E-state index >= 15 is 0 Å². The van der Waals surface area contributed by atoms with Crippen LogP contribution >= 0.6 is 39.1 Å². The molecular formula is C12H6BrCl2NO. The maximum Gasteiger partial charge on any atom is 0.196 e. The number of halogens is 3. The van der Waals surface area contributed by atoms with Crippen molar-refractivity contribution in [2.75, 3.05) is 0 Å². The van der Waals surface area contributed by atoms with Gasteiger partial charge in [0.2, 0.25) is 0 Å². The summed E-state index contributed by atoms with van der Waals surface area (Å²) in [5, 5.41) is 0.839. The summed E-state index contributed by atoms with van der Waals surface area (Å²) in [4.78, 5) is 16.1. The topological polar surface area (TPSA) is 30.0 Å². The van der Waals surface area contributed by atoms with E-state index in [9.17, 15) is 4.79 Å². The molecule has 0 aliphatic carbocycles. The van der Waals surface area contributed by atoms with Crippen molar-refractivity contribution in [2.45, 2.75) is 0 Å². The quantitative estimate of drug-likeness (QED) is 0.604. The Morgan fingerprint density at radius 1 is 1.18 bits per heavy atom. The molecule has 5 heteroatoms. The van der Waals surface area contributed by atoms with E-state index in [4.69, 9.17) is 23.2 Å². The largest absolute Gasteiger partial charge is 0.288 e. The van der Waals surface area contributed by atoms with Crippen LogP contribution < -0.4 is 0 Å². The predicted molar refractivity (Wildman–Crippen MR) is 71.8 cm³/mol. The molecule has 0 saturated heterocycles. The van der Waals surface area contributed by atoms with Gasteiger partial charge in [0.05, 0.1) is 5.02 Å².